The van der Waals surface area contributed by atoms with E-state index in [9.17, 15) is 59.6 Å². The Morgan fingerprint density at radius 2 is 1.57 bits per heavy atom. The van der Waals surface area contributed by atoms with Crippen molar-refractivity contribution in [2.45, 2.75) is 165 Å². The lowest BCUT2D eigenvalue weighted by atomic mass is 9.96. The quantitative estimate of drug-likeness (QED) is 0.0347. The van der Waals surface area contributed by atoms with E-state index in [1.807, 2.05) is 13.8 Å². The van der Waals surface area contributed by atoms with Crippen molar-refractivity contribution in [1.82, 2.24) is 21.3 Å². The van der Waals surface area contributed by atoms with Gasteiger partial charge in [0, 0.05) is 25.3 Å². The highest BCUT2D eigenvalue weighted by atomic mass is 35.5. The van der Waals surface area contributed by atoms with Crippen LogP contribution in [0.15, 0.2) is 60.7 Å². The van der Waals surface area contributed by atoms with Crippen molar-refractivity contribution in [3.8, 4) is 23.0 Å². The van der Waals surface area contributed by atoms with Gasteiger partial charge in [-0.2, -0.15) is 0 Å². The number of aliphatic hydroxyl groups excluding tert-OH is 4. The maximum absolute atomic E-state index is 14.6. The van der Waals surface area contributed by atoms with Gasteiger partial charge in [-0.15, -0.1) is 12.4 Å². The molecule has 23 heteroatoms. The Morgan fingerprint density at radius 1 is 0.907 bits per heavy atom. The number of carboxylic acid groups (broad SMARTS) is 1. The van der Waals surface area contributed by atoms with Crippen LogP contribution in [0.25, 0.3) is 0 Å². The predicted molar refractivity (Wildman–Crippen MR) is 275 cm³/mol. The number of nitrogens with two attached hydrogens (primary N) is 1. The molecule has 0 aliphatic carbocycles. The van der Waals surface area contributed by atoms with Gasteiger partial charge in [0.05, 0.1) is 30.7 Å². The highest BCUT2D eigenvalue weighted by molar-refractivity contribution is 5.94. The number of halogens is 1. The molecule has 3 heterocycles. The molecule has 75 heavy (non-hydrogen) atoms. The van der Waals surface area contributed by atoms with Crippen molar-refractivity contribution in [2.75, 3.05) is 13.7 Å². The largest absolute Gasteiger partial charge is 0.490 e. The Hall–Kier alpha value is -6.14. The molecule has 0 saturated carbocycles. The summed E-state index contributed by atoms with van der Waals surface area (Å²) < 4.78 is 24.2. The van der Waals surface area contributed by atoms with Crippen LogP contribution in [0, 0.1) is 16.0 Å². The Labute approximate surface area is 442 Å². The number of aliphatic carboxylic acids is 1. The Balaban J connectivity index is 0.0000122. The number of unbranched alkanes of at least 4 members (excludes halogenated alkanes) is 8. The molecule has 1 saturated heterocycles. The third kappa shape index (κ3) is 17.5. The number of hydrogen-bond acceptors (Lipinski definition) is 16. The van der Waals surface area contributed by atoms with E-state index in [0.717, 1.165) is 56.7 Å². The second-order valence-electron chi connectivity index (χ2n) is 19.2. The normalized spacial score (nSPS) is 22.6. The van der Waals surface area contributed by atoms with Gasteiger partial charge in [-0.1, -0.05) is 109 Å². The van der Waals surface area contributed by atoms with Gasteiger partial charge in [0.1, 0.15) is 36.4 Å². The number of benzene rings is 3. The lowest BCUT2D eigenvalue weighted by Gasteiger charge is -2.42. The number of amides is 4. The van der Waals surface area contributed by atoms with Crippen LogP contribution in [0.2, 0.25) is 0 Å². The highest BCUT2D eigenvalue weighted by Crippen LogP contribution is 2.45. The Kier molecular flexibility index (Phi) is 24.4. The molecule has 0 radical (unpaired) electrons. The van der Waals surface area contributed by atoms with E-state index < -0.39 is 125 Å². The lowest BCUT2D eigenvalue weighted by Crippen LogP contribution is -2.65. The van der Waals surface area contributed by atoms with Crippen LogP contribution in [-0.4, -0.2) is 129 Å². The summed E-state index contributed by atoms with van der Waals surface area (Å²) in [5, 5.41) is 77.5. The molecule has 1 fully saturated rings. The molecule has 3 aliphatic rings. The van der Waals surface area contributed by atoms with Crippen molar-refractivity contribution in [3.63, 3.8) is 0 Å². The van der Waals surface area contributed by atoms with E-state index in [-0.39, 0.29) is 60.9 Å². The van der Waals surface area contributed by atoms with Gasteiger partial charge in [-0.3, -0.25) is 29.3 Å². The van der Waals surface area contributed by atoms with E-state index in [4.69, 9.17) is 24.7 Å². The maximum atomic E-state index is 14.6. The summed E-state index contributed by atoms with van der Waals surface area (Å²) in [5.74, 6) is -6.54. The molecule has 4 bridgehead atoms. The number of carbonyl (C=O) groups excluding carboxylic acids is 4. The molecule has 3 aliphatic heterocycles. The fourth-order valence-electron chi connectivity index (χ4n) is 8.91. The smallest absolute Gasteiger partial charge is 0.335 e. The first-order valence-corrected chi connectivity index (χ1v) is 25.2. The number of hydrogen-bond donors (Lipinski definition) is 10. The number of methoxy groups -OCH3 is 1. The molecule has 4 amide bonds. The van der Waals surface area contributed by atoms with Crippen molar-refractivity contribution in [2.24, 2.45) is 11.7 Å². The molecule has 22 nitrogen and oxygen atoms in total. The monoisotopic (exact) mass is 1070 g/mol. The Bertz CT molecular complexity index is 2380. The molecule has 0 spiro atoms. The summed E-state index contributed by atoms with van der Waals surface area (Å²) in [7, 11) is 1.17. The van der Waals surface area contributed by atoms with Gasteiger partial charge >= 0.3 is 11.7 Å². The summed E-state index contributed by atoms with van der Waals surface area (Å²) in [6, 6.07) is 6.91. The predicted octanol–water partition coefficient (Wildman–Crippen LogP) is 3.79. The van der Waals surface area contributed by atoms with Gasteiger partial charge in [0.15, 0.2) is 17.6 Å². The number of carboxylic acids is 1. The number of fused-ring (bicyclic) bond motifs is 9. The first-order chi connectivity index (χ1) is 35.3. The SMILES string of the molecule is CCCCCCCCCCCC(=O)N[C@H]1[C@H](Oc2cc3cc(c2OC)Oc2ccc(cc2[N+](=O)[O-])C[C@H](NC(=O)[C@H](N)CC(C)C)C(=O)N[C@H](Cc2ccccc2)C(=O)N[C@H]3[C@H](O)C(=O)O)O[C@H](CO)[C@@H](O)[C@@H]1O.Cl. The molecule has 414 valence electrons. The molecule has 11 N–H and O–H groups in total. The fraction of sp³-hybridized carbons (Fsp3) is 0.558. The van der Waals surface area contributed by atoms with E-state index in [0.29, 0.717) is 12.0 Å². The minimum Gasteiger partial charge on any atom is -0.490 e. The van der Waals surface area contributed by atoms with Crippen LogP contribution in [0.1, 0.15) is 114 Å². The second kappa shape index (κ2) is 29.8. The van der Waals surface area contributed by atoms with Crippen LogP contribution >= 0.6 is 12.4 Å². The molecule has 0 aromatic heterocycles. The molecular formula is C52H73ClN6O16. The zero-order valence-electron chi connectivity index (χ0n) is 42.7. The number of ether oxygens (including phenoxy) is 4. The minimum atomic E-state index is -2.45. The first-order valence-electron chi connectivity index (χ1n) is 25.2. The molecule has 10 atom stereocenters. The fourth-order valence-corrected chi connectivity index (χ4v) is 8.91. The standard InChI is InChI=1S/C52H72N6O16.ClH/c1-5-6-7-8-9-10-11-12-16-19-41(60)56-43-45(62)44(61)40(28-59)74-52(43)73-39-27-32-26-38(47(39)71-4)72-37-21-20-31(25-36(37)58(69)70)24-35(54-48(64)33(53)22-29(2)3)49(65)55-34(23-30-17-14-13-15-18-30)50(66)57-42(32)46(63)51(67)68;/h13-15,17-18,20-21,25-27,29,33-35,40,42-46,52,59,61-63H,5-12,16,19,22-24,28,53H2,1-4H3,(H,54,64)(H,55,65)(H,56,60)(H,57,66)(H,67,68);1H/t33-,34-,35+,40-,42-,43-,44-,45-,46+,52-;/m1./s1. The molecular weight excluding hydrogens is 1000 g/mol. The summed E-state index contributed by atoms with van der Waals surface area (Å²) in [6.45, 7) is 5.03. The summed E-state index contributed by atoms with van der Waals surface area (Å²) in [5.41, 5.74) is 5.98. The van der Waals surface area contributed by atoms with E-state index in [1.165, 1.54) is 32.1 Å². The summed E-state index contributed by atoms with van der Waals surface area (Å²) in [6.07, 6.45) is -0.450. The second-order valence-corrected chi connectivity index (χ2v) is 19.2. The summed E-state index contributed by atoms with van der Waals surface area (Å²) in [4.78, 5) is 80.6. The average Bonchev–Trinajstić information content (AvgIpc) is 3.36. The van der Waals surface area contributed by atoms with Crippen LogP contribution in [-0.2, 0) is 41.6 Å². The number of rotatable bonds is 24. The number of nitro benzene ring substituents is 1. The molecule has 3 aromatic rings. The molecule has 3 aromatic carbocycles. The van der Waals surface area contributed by atoms with Gasteiger partial charge in [0.2, 0.25) is 41.4 Å². The topological polar surface area (TPSA) is 341 Å². The van der Waals surface area contributed by atoms with E-state index in [2.05, 4.69) is 28.2 Å². The van der Waals surface area contributed by atoms with E-state index >= 15 is 0 Å². The zero-order chi connectivity index (χ0) is 54.1. The number of nitro groups is 1. The van der Waals surface area contributed by atoms with Crippen molar-refractivity contribution < 1.29 is 73.4 Å². The number of aliphatic hydroxyl groups is 4. The van der Waals surface area contributed by atoms with Crippen LogP contribution < -0.4 is 41.2 Å². The summed E-state index contributed by atoms with van der Waals surface area (Å²) >= 11 is 0. The lowest BCUT2D eigenvalue weighted by molar-refractivity contribution is -0.385. The van der Waals surface area contributed by atoms with Crippen molar-refractivity contribution >= 4 is 47.7 Å². The highest BCUT2D eigenvalue weighted by Gasteiger charge is 2.47. The van der Waals surface area contributed by atoms with Crippen LogP contribution in [0.3, 0.4) is 0 Å². The van der Waals surface area contributed by atoms with Gasteiger partial charge in [0.25, 0.3) is 0 Å². The van der Waals surface area contributed by atoms with Crippen molar-refractivity contribution in [1.29, 1.82) is 0 Å². The molecule has 6 rings (SSSR count). The molecule has 0 unspecified atom stereocenters. The minimum absolute atomic E-state index is 0. The number of carbonyl (C=O) groups is 5. The first kappa shape index (κ1) is 61.4. The van der Waals surface area contributed by atoms with Crippen molar-refractivity contribution in [3.05, 3.63) is 87.5 Å². The third-order valence-electron chi connectivity index (χ3n) is 12.9. The van der Waals surface area contributed by atoms with Crippen LogP contribution in [0.5, 0.6) is 23.0 Å². The maximum Gasteiger partial charge on any atom is 0.335 e. The van der Waals surface area contributed by atoms with Gasteiger partial charge in [-0.25, -0.2) is 4.79 Å². The van der Waals surface area contributed by atoms with Gasteiger partial charge in [-0.05, 0) is 53.6 Å². The number of nitrogens with zero attached hydrogens (tertiary/aromatic N) is 1. The Morgan fingerprint density at radius 3 is 2.19 bits per heavy atom. The third-order valence-corrected chi connectivity index (χ3v) is 12.9. The average molecular weight is 1070 g/mol. The van der Waals surface area contributed by atoms with E-state index in [1.54, 1.807) is 30.3 Å². The zero-order valence-corrected chi connectivity index (χ0v) is 43.5. The van der Waals surface area contributed by atoms with Gasteiger partial charge < -0.3 is 71.5 Å². The van der Waals surface area contributed by atoms with Crippen LogP contribution in [0.4, 0.5) is 5.69 Å². The number of nitrogens with one attached hydrogen (secondary N) is 4.